The Morgan fingerprint density at radius 3 is 3.07 bits per heavy atom. The van der Waals surface area contributed by atoms with Gasteiger partial charge in [-0.05, 0) is 13.0 Å². The molecule has 1 amide bonds. The summed E-state index contributed by atoms with van der Waals surface area (Å²) in [5, 5.41) is 5.68. The molecule has 0 spiro atoms. The van der Waals surface area contributed by atoms with Crippen molar-refractivity contribution in [2.24, 2.45) is 0 Å². The lowest BCUT2D eigenvalue weighted by molar-refractivity contribution is -0.120. The van der Waals surface area contributed by atoms with Crippen LogP contribution < -0.4 is 10.6 Å². The van der Waals surface area contributed by atoms with Gasteiger partial charge >= 0.3 is 0 Å². The van der Waals surface area contributed by atoms with E-state index in [2.05, 4.69) is 20.6 Å². The van der Waals surface area contributed by atoms with E-state index in [1.165, 1.54) is 6.33 Å². The summed E-state index contributed by atoms with van der Waals surface area (Å²) in [5.74, 6) is 0.00144. The molecule has 0 atom stereocenters. The van der Waals surface area contributed by atoms with Gasteiger partial charge < -0.3 is 10.6 Å². The molecule has 2 N–H and O–H groups in total. The minimum atomic E-state index is 0.00144. The minimum absolute atomic E-state index is 0.00144. The second-order valence-corrected chi connectivity index (χ2v) is 2.76. The van der Waals surface area contributed by atoms with E-state index in [0.717, 1.165) is 5.69 Å². The van der Waals surface area contributed by atoms with Crippen molar-refractivity contribution in [3.05, 3.63) is 24.3 Å². The van der Waals surface area contributed by atoms with Gasteiger partial charge in [-0.1, -0.05) is 0 Å². The summed E-state index contributed by atoms with van der Waals surface area (Å²) in [6.07, 6.45) is 3.17. The van der Waals surface area contributed by atoms with Crippen LogP contribution in [0.15, 0.2) is 18.6 Å². The molecule has 1 rings (SSSR count). The lowest BCUT2D eigenvalue weighted by atomic mass is 10.4. The molecule has 0 unspecified atom stereocenters. The first-order chi connectivity index (χ1) is 6.83. The average Bonchev–Trinajstić information content (AvgIpc) is 2.20. The molecule has 0 saturated carbocycles. The molecule has 1 aromatic rings. The van der Waals surface area contributed by atoms with Crippen LogP contribution in [0.4, 0.5) is 0 Å². The fourth-order valence-electron chi connectivity index (χ4n) is 0.986. The van der Waals surface area contributed by atoms with Crippen LogP contribution >= 0.6 is 0 Å². The predicted molar refractivity (Wildman–Crippen MR) is 52.4 cm³/mol. The lowest BCUT2D eigenvalue weighted by Gasteiger charge is -2.03. The van der Waals surface area contributed by atoms with Crippen LogP contribution in [0.25, 0.3) is 0 Å². The molecule has 0 fully saturated rings. The highest BCUT2D eigenvalue weighted by Gasteiger charge is 1.98. The van der Waals surface area contributed by atoms with Crippen molar-refractivity contribution >= 4 is 5.91 Å². The van der Waals surface area contributed by atoms with Gasteiger partial charge in [0.05, 0.1) is 12.2 Å². The van der Waals surface area contributed by atoms with E-state index in [1.807, 2.05) is 13.0 Å². The Balaban J connectivity index is 2.19. The zero-order valence-electron chi connectivity index (χ0n) is 8.16. The number of likely N-dealkylation sites (N-methyl/N-ethyl adjacent to an activating group) is 1. The summed E-state index contributed by atoms with van der Waals surface area (Å²) >= 11 is 0. The van der Waals surface area contributed by atoms with Gasteiger partial charge in [-0.15, -0.1) is 0 Å². The van der Waals surface area contributed by atoms with Crippen LogP contribution in [-0.4, -0.2) is 29.0 Å². The highest BCUT2D eigenvalue weighted by Crippen LogP contribution is 1.88. The molecule has 14 heavy (non-hydrogen) atoms. The van der Waals surface area contributed by atoms with E-state index in [1.54, 1.807) is 6.20 Å². The number of aromatic nitrogens is 2. The molecule has 1 aromatic heterocycles. The van der Waals surface area contributed by atoms with Crippen LogP contribution in [0.5, 0.6) is 0 Å². The number of nitrogens with zero attached hydrogens (tertiary/aromatic N) is 2. The fraction of sp³-hybridized carbons (Fsp3) is 0.444. The van der Waals surface area contributed by atoms with Crippen LogP contribution in [0, 0.1) is 0 Å². The van der Waals surface area contributed by atoms with Crippen molar-refractivity contribution in [2.45, 2.75) is 13.5 Å². The van der Waals surface area contributed by atoms with Crippen molar-refractivity contribution in [3.8, 4) is 0 Å². The smallest absolute Gasteiger partial charge is 0.233 e. The zero-order chi connectivity index (χ0) is 10.2. The normalized spacial score (nSPS) is 9.79. The number of amides is 1. The van der Waals surface area contributed by atoms with Gasteiger partial charge in [0.25, 0.3) is 0 Å². The molecule has 0 aliphatic carbocycles. The molecule has 0 saturated heterocycles. The molecular formula is C9H14N4O. The van der Waals surface area contributed by atoms with Gasteiger partial charge in [-0.2, -0.15) is 0 Å². The Morgan fingerprint density at radius 1 is 1.57 bits per heavy atom. The number of carbonyl (C=O) groups excluding carboxylic acids is 1. The lowest BCUT2D eigenvalue weighted by Crippen LogP contribution is -2.33. The van der Waals surface area contributed by atoms with Crippen LogP contribution in [0.3, 0.4) is 0 Å². The summed E-state index contributed by atoms with van der Waals surface area (Å²) in [4.78, 5) is 18.8. The molecule has 0 radical (unpaired) electrons. The number of rotatable bonds is 5. The van der Waals surface area contributed by atoms with Gasteiger partial charge in [-0.3, -0.25) is 4.79 Å². The number of carbonyl (C=O) groups is 1. The summed E-state index contributed by atoms with van der Waals surface area (Å²) in [7, 11) is 0. The molecule has 0 bridgehead atoms. The SMILES string of the molecule is CCNC(=O)CNCc1ccncn1. The first-order valence-corrected chi connectivity index (χ1v) is 4.55. The van der Waals surface area contributed by atoms with Crippen molar-refractivity contribution in [1.82, 2.24) is 20.6 Å². The molecule has 0 aromatic carbocycles. The van der Waals surface area contributed by atoms with Crippen molar-refractivity contribution in [2.75, 3.05) is 13.1 Å². The maximum Gasteiger partial charge on any atom is 0.233 e. The quantitative estimate of drug-likeness (QED) is 0.675. The Morgan fingerprint density at radius 2 is 2.43 bits per heavy atom. The highest BCUT2D eigenvalue weighted by atomic mass is 16.1. The van der Waals surface area contributed by atoms with Gasteiger partial charge in [0.1, 0.15) is 6.33 Å². The Bertz CT molecular complexity index is 275. The van der Waals surface area contributed by atoms with Crippen LogP contribution in [0.2, 0.25) is 0 Å². The third-order valence-electron chi connectivity index (χ3n) is 1.61. The molecule has 76 valence electrons. The molecule has 5 nitrogen and oxygen atoms in total. The van der Waals surface area contributed by atoms with Crippen LogP contribution in [0.1, 0.15) is 12.6 Å². The monoisotopic (exact) mass is 194 g/mol. The van der Waals surface area contributed by atoms with Crippen molar-refractivity contribution in [1.29, 1.82) is 0 Å². The largest absolute Gasteiger partial charge is 0.355 e. The summed E-state index contributed by atoms with van der Waals surface area (Å²) < 4.78 is 0. The van der Waals surface area contributed by atoms with E-state index in [4.69, 9.17) is 0 Å². The second kappa shape index (κ2) is 6.04. The summed E-state index contributed by atoms with van der Waals surface area (Å²) in [6.45, 7) is 3.45. The Labute approximate surface area is 83.0 Å². The maximum atomic E-state index is 11.0. The van der Waals surface area contributed by atoms with E-state index >= 15 is 0 Å². The third-order valence-corrected chi connectivity index (χ3v) is 1.61. The number of nitrogens with one attached hydrogen (secondary N) is 2. The third kappa shape index (κ3) is 3.95. The topological polar surface area (TPSA) is 66.9 Å². The summed E-state index contributed by atoms with van der Waals surface area (Å²) in [5.41, 5.74) is 0.879. The minimum Gasteiger partial charge on any atom is -0.355 e. The van der Waals surface area contributed by atoms with Gasteiger partial charge in [-0.25, -0.2) is 9.97 Å². The first-order valence-electron chi connectivity index (χ1n) is 4.55. The first kappa shape index (κ1) is 10.6. The number of hydrogen-bond acceptors (Lipinski definition) is 4. The van der Waals surface area contributed by atoms with Gasteiger partial charge in [0.2, 0.25) is 5.91 Å². The average molecular weight is 194 g/mol. The molecule has 0 aliphatic heterocycles. The van der Waals surface area contributed by atoms with E-state index < -0.39 is 0 Å². The second-order valence-electron chi connectivity index (χ2n) is 2.76. The molecule has 1 heterocycles. The van der Waals surface area contributed by atoms with E-state index in [0.29, 0.717) is 19.6 Å². The standard InChI is InChI=1S/C9H14N4O/c1-2-12-9(14)6-11-5-8-3-4-10-7-13-8/h3-4,7,11H,2,5-6H2,1H3,(H,12,14). The predicted octanol–water partition coefficient (Wildman–Crippen LogP) is -0.298. The van der Waals surface area contributed by atoms with Crippen molar-refractivity contribution < 1.29 is 4.79 Å². The molecular weight excluding hydrogens is 180 g/mol. The Hall–Kier alpha value is -1.49. The Kier molecular flexibility index (Phi) is 4.57. The molecule has 5 heteroatoms. The van der Waals surface area contributed by atoms with Gasteiger partial charge in [0.15, 0.2) is 0 Å². The van der Waals surface area contributed by atoms with E-state index in [-0.39, 0.29) is 5.91 Å². The fourth-order valence-corrected chi connectivity index (χ4v) is 0.986. The number of hydrogen-bond donors (Lipinski definition) is 2. The van der Waals surface area contributed by atoms with Gasteiger partial charge in [0, 0.05) is 19.3 Å². The maximum absolute atomic E-state index is 11.0. The molecule has 0 aliphatic rings. The highest BCUT2D eigenvalue weighted by molar-refractivity contribution is 5.77. The van der Waals surface area contributed by atoms with Crippen LogP contribution in [-0.2, 0) is 11.3 Å². The van der Waals surface area contributed by atoms with E-state index in [9.17, 15) is 4.79 Å². The zero-order valence-corrected chi connectivity index (χ0v) is 8.16. The van der Waals surface area contributed by atoms with Crippen molar-refractivity contribution in [3.63, 3.8) is 0 Å². The summed E-state index contributed by atoms with van der Waals surface area (Å²) in [6, 6.07) is 1.81.